The molecule has 1 aliphatic carbocycles. The van der Waals surface area contributed by atoms with Gasteiger partial charge in [-0.1, -0.05) is 26.0 Å². The minimum atomic E-state index is -0.437. The number of ether oxygens (including phenoxy) is 3. The topological polar surface area (TPSA) is 65.1 Å². The summed E-state index contributed by atoms with van der Waals surface area (Å²) in [6.45, 7) is 5.71. The van der Waals surface area contributed by atoms with Crippen LogP contribution in [0.5, 0.6) is 5.75 Å². The third kappa shape index (κ3) is 3.73. The normalized spacial score (nSPS) is 28.3. The summed E-state index contributed by atoms with van der Waals surface area (Å²) >= 11 is 0. The van der Waals surface area contributed by atoms with E-state index in [1.807, 2.05) is 24.3 Å². The van der Waals surface area contributed by atoms with Gasteiger partial charge in [0.2, 0.25) is 0 Å². The van der Waals surface area contributed by atoms with Gasteiger partial charge >= 0.3 is 0 Å². The molecule has 2 heterocycles. The summed E-state index contributed by atoms with van der Waals surface area (Å²) < 4.78 is 17.1. The Balaban J connectivity index is 1.69. The third-order valence-electron chi connectivity index (χ3n) is 6.41. The fourth-order valence-corrected chi connectivity index (χ4v) is 4.86. The number of benzene rings is 1. The van der Waals surface area contributed by atoms with E-state index in [0.29, 0.717) is 31.2 Å². The summed E-state index contributed by atoms with van der Waals surface area (Å²) in [6, 6.07) is 7.27. The molecule has 30 heavy (non-hydrogen) atoms. The van der Waals surface area contributed by atoms with E-state index in [1.54, 1.807) is 12.0 Å². The van der Waals surface area contributed by atoms with Crippen molar-refractivity contribution in [3.63, 3.8) is 0 Å². The number of carbonyl (C=O) groups excluding carboxylic acids is 2. The molecule has 6 nitrogen and oxygen atoms in total. The maximum atomic E-state index is 13.6. The summed E-state index contributed by atoms with van der Waals surface area (Å²) in [4.78, 5) is 28.5. The van der Waals surface area contributed by atoms with Gasteiger partial charge in [0.1, 0.15) is 11.9 Å². The van der Waals surface area contributed by atoms with Crippen molar-refractivity contribution in [2.45, 2.75) is 51.7 Å². The lowest BCUT2D eigenvalue weighted by atomic mass is 9.74. The van der Waals surface area contributed by atoms with Crippen molar-refractivity contribution in [1.82, 2.24) is 4.90 Å². The number of carbonyl (C=O) groups is 2. The van der Waals surface area contributed by atoms with E-state index in [1.165, 1.54) is 0 Å². The van der Waals surface area contributed by atoms with Crippen molar-refractivity contribution >= 4 is 11.7 Å². The number of methoxy groups -OCH3 is 1. The number of fused-ring (bicyclic) bond motifs is 1. The molecule has 0 saturated heterocycles. The van der Waals surface area contributed by atoms with Gasteiger partial charge in [-0.3, -0.25) is 9.59 Å². The van der Waals surface area contributed by atoms with Crippen LogP contribution in [0.2, 0.25) is 0 Å². The van der Waals surface area contributed by atoms with Crippen molar-refractivity contribution in [3.8, 4) is 5.75 Å². The maximum Gasteiger partial charge on any atom is 0.290 e. The Kier molecular flexibility index (Phi) is 6.14. The Hall–Kier alpha value is -2.34. The summed E-state index contributed by atoms with van der Waals surface area (Å²) in [5.74, 6) is 1.26. The summed E-state index contributed by atoms with van der Waals surface area (Å²) in [6.07, 6.45) is 3.44. The average molecular weight is 414 g/mol. The third-order valence-corrected chi connectivity index (χ3v) is 6.41. The van der Waals surface area contributed by atoms with Gasteiger partial charge in [0, 0.05) is 13.7 Å². The first-order chi connectivity index (χ1) is 14.5. The van der Waals surface area contributed by atoms with E-state index in [9.17, 15) is 9.59 Å². The molecule has 4 unspecified atom stereocenters. The van der Waals surface area contributed by atoms with Crippen LogP contribution in [-0.2, 0) is 19.1 Å². The highest BCUT2D eigenvalue weighted by Crippen LogP contribution is 2.47. The second kappa shape index (κ2) is 8.80. The molecule has 0 radical (unpaired) electrons. The highest BCUT2D eigenvalue weighted by Gasteiger charge is 2.52. The molecule has 1 fully saturated rings. The van der Waals surface area contributed by atoms with Gasteiger partial charge in [-0.05, 0) is 49.3 Å². The van der Waals surface area contributed by atoms with Gasteiger partial charge in [0.05, 0.1) is 30.7 Å². The monoisotopic (exact) mass is 413 g/mol. The first-order valence-electron chi connectivity index (χ1n) is 11.0. The van der Waals surface area contributed by atoms with Crippen molar-refractivity contribution < 1.29 is 23.8 Å². The van der Waals surface area contributed by atoms with Crippen LogP contribution in [0.25, 0.3) is 0 Å². The van der Waals surface area contributed by atoms with E-state index in [0.717, 1.165) is 37.0 Å². The van der Waals surface area contributed by atoms with Crippen LogP contribution in [0.4, 0.5) is 0 Å². The van der Waals surface area contributed by atoms with Crippen LogP contribution >= 0.6 is 0 Å². The summed E-state index contributed by atoms with van der Waals surface area (Å²) in [5, 5.41) is 0. The lowest BCUT2D eigenvalue weighted by Gasteiger charge is -2.37. The molecule has 162 valence electrons. The largest absolute Gasteiger partial charge is 0.494 e. The predicted octanol–water partition coefficient (Wildman–Crippen LogP) is 3.66. The maximum absolute atomic E-state index is 13.6. The number of amides is 1. The smallest absolute Gasteiger partial charge is 0.290 e. The van der Waals surface area contributed by atoms with Crippen LogP contribution in [-0.4, -0.2) is 49.6 Å². The van der Waals surface area contributed by atoms with E-state index in [2.05, 4.69) is 13.8 Å². The van der Waals surface area contributed by atoms with Gasteiger partial charge in [0.15, 0.2) is 11.5 Å². The second-order valence-electron chi connectivity index (χ2n) is 8.60. The summed E-state index contributed by atoms with van der Waals surface area (Å²) in [7, 11) is 1.61. The van der Waals surface area contributed by atoms with Crippen LogP contribution in [0.1, 0.15) is 51.1 Å². The zero-order valence-electron chi connectivity index (χ0n) is 18.1. The molecule has 1 aromatic carbocycles. The number of hydrogen-bond donors (Lipinski definition) is 0. The van der Waals surface area contributed by atoms with Gasteiger partial charge < -0.3 is 19.1 Å². The van der Waals surface area contributed by atoms with Gasteiger partial charge in [-0.2, -0.15) is 0 Å². The van der Waals surface area contributed by atoms with Crippen molar-refractivity contribution in [3.05, 3.63) is 41.2 Å². The molecule has 3 aliphatic rings. The molecule has 1 aromatic rings. The van der Waals surface area contributed by atoms with E-state index < -0.39 is 6.04 Å². The van der Waals surface area contributed by atoms with Crippen molar-refractivity contribution in [2.24, 2.45) is 11.8 Å². The minimum absolute atomic E-state index is 0.0809. The SMILES string of the molecule is CCCOc1ccc(C2C3=C(OC4CCC(C)CC4C3=O)C(=O)N2CCOC)cc1. The highest BCUT2D eigenvalue weighted by molar-refractivity contribution is 6.11. The van der Waals surface area contributed by atoms with Crippen molar-refractivity contribution in [2.75, 3.05) is 26.9 Å². The average Bonchev–Trinajstić information content (AvgIpc) is 3.03. The molecule has 0 aromatic heterocycles. The molecule has 4 rings (SSSR count). The molecule has 2 aliphatic heterocycles. The number of nitrogens with zero attached hydrogens (tertiary/aromatic N) is 1. The van der Waals surface area contributed by atoms with E-state index >= 15 is 0 Å². The lowest BCUT2D eigenvalue weighted by molar-refractivity contribution is -0.136. The number of ketones is 1. The molecule has 6 heteroatoms. The standard InChI is InChI=1S/C24H31NO5/c1-4-12-29-17-8-6-16(7-9-17)21-20-22(26)18-14-15(2)5-10-19(18)30-23(20)24(27)25(21)11-13-28-3/h6-9,15,18-19,21H,4-5,10-14H2,1-3H3. The first kappa shape index (κ1) is 20.9. The number of hydrogen-bond acceptors (Lipinski definition) is 5. The van der Waals surface area contributed by atoms with E-state index in [4.69, 9.17) is 14.2 Å². The molecular weight excluding hydrogens is 382 g/mol. The van der Waals surface area contributed by atoms with Crippen molar-refractivity contribution in [1.29, 1.82) is 0 Å². The van der Waals surface area contributed by atoms with Crippen LogP contribution in [0.3, 0.4) is 0 Å². The molecule has 4 atom stereocenters. The molecule has 0 N–H and O–H groups in total. The van der Waals surface area contributed by atoms with Gasteiger partial charge in [0.25, 0.3) is 5.91 Å². The van der Waals surface area contributed by atoms with Crippen LogP contribution < -0.4 is 4.74 Å². The van der Waals surface area contributed by atoms with Gasteiger partial charge in [-0.25, -0.2) is 0 Å². The van der Waals surface area contributed by atoms with E-state index in [-0.39, 0.29) is 29.5 Å². The minimum Gasteiger partial charge on any atom is -0.494 e. The molecule has 0 bridgehead atoms. The second-order valence-corrected chi connectivity index (χ2v) is 8.60. The molecule has 1 saturated carbocycles. The Morgan fingerprint density at radius 1 is 1.13 bits per heavy atom. The fraction of sp³-hybridized carbons (Fsp3) is 0.583. The van der Waals surface area contributed by atoms with Crippen LogP contribution in [0, 0.1) is 11.8 Å². The quantitative estimate of drug-likeness (QED) is 0.683. The predicted molar refractivity (Wildman–Crippen MR) is 112 cm³/mol. The lowest BCUT2D eigenvalue weighted by Crippen LogP contribution is -2.41. The summed E-state index contributed by atoms with van der Waals surface area (Å²) in [5.41, 5.74) is 1.42. The molecular formula is C24H31NO5. The van der Waals surface area contributed by atoms with Crippen LogP contribution in [0.15, 0.2) is 35.6 Å². The molecule has 0 spiro atoms. The van der Waals surface area contributed by atoms with Gasteiger partial charge in [-0.15, -0.1) is 0 Å². The Morgan fingerprint density at radius 3 is 2.60 bits per heavy atom. The molecule has 1 amide bonds. The Labute approximate surface area is 178 Å². The number of Topliss-reactive ketones (excluding diaryl/α,β-unsaturated/α-hetero) is 1. The zero-order valence-corrected chi connectivity index (χ0v) is 18.1. The zero-order chi connectivity index (χ0) is 21.3. The highest BCUT2D eigenvalue weighted by atomic mass is 16.5. The first-order valence-corrected chi connectivity index (χ1v) is 11.0. The Morgan fingerprint density at radius 2 is 1.90 bits per heavy atom. The fourth-order valence-electron chi connectivity index (χ4n) is 4.86. The Bertz CT molecular complexity index is 831. The number of rotatable bonds is 7.